The van der Waals surface area contributed by atoms with Crippen LogP contribution in [0, 0.1) is 17.3 Å². The number of likely N-dealkylation sites (N-methyl/N-ethyl adjacent to an activating group) is 1. The van der Waals surface area contributed by atoms with Crippen molar-refractivity contribution < 1.29 is 0 Å². The van der Waals surface area contributed by atoms with Gasteiger partial charge in [0.15, 0.2) is 0 Å². The number of nitrogens with two attached hydrogens (primary N) is 1. The van der Waals surface area contributed by atoms with Crippen molar-refractivity contribution in [3.63, 3.8) is 0 Å². The van der Waals surface area contributed by atoms with Crippen LogP contribution >= 0.6 is 0 Å². The van der Waals surface area contributed by atoms with E-state index in [9.17, 15) is 0 Å². The maximum Gasteiger partial charge on any atom is 0.0249 e. The van der Waals surface area contributed by atoms with Crippen molar-refractivity contribution in [2.75, 3.05) is 13.1 Å². The highest BCUT2D eigenvalue weighted by Gasteiger charge is 2.34. The van der Waals surface area contributed by atoms with Crippen LogP contribution in [-0.2, 0) is 0 Å². The number of nitrogens with zero attached hydrogens (tertiary/aromatic N) is 1. The van der Waals surface area contributed by atoms with E-state index in [1.165, 1.54) is 25.7 Å². The van der Waals surface area contributed by atoms with E-state index >= 15 is 0 Å². The van der Waals surface area contributed by atoms with Crippen molar-refractivity contribution >= 4 is 0 Å². The lowest BCUT2D eigenvalue weighted by atomic mass is 9.68. The molecule has 1 aliphatic carbocycles. The lowest BCUT2D eigenvalue weighted by Gasteiger charge is -2.43. The van der Waals surface area contributed by atoms with Crippen LogP contribution < -0.4 is 5.73 Å². The average molecular weight is 268 g/mol. The van der Waals surface area contributed by atoms with Crippen molar-refractivity contribution in [1.29, 1.82) is 0 Å². The van der Waals surface area contributed by atoms with Gasteiger partial charge >= 0.3 is 0 Å². The van der Waals surface area contributed by atoms with Crippen molar-refractivity contribution in [2.45, 2.75) is 79.3 Å². The highest BCUT2D eigenvalue weighted by molar-refractivity contribution is 4.88. The van der Waals surface area contributed by atoms with Crippen LogP contribution in [0.2, 0.25) is 0 Å². The Labute approximate surface area is 121 Å². The largest absolute Gasteiger partial charge is 0.329 e. The molecule has 2 nitrogen and oxygen atoms in total. The molecule has 0 amide bonds. The molecule has 0 aliphatic heterocycles. The zero-order valence-electron chi connectivity index (χ0n) is 14.1. The minimum absolute atomic E-state index is 0.478. The second kappa shape index (κ2) is 7.08. The first kappa shape index (κ1) is 17.0. The summed E-state index contributed by atoms with van der Waals surface area (Å²) in [6.07, 6.45) is 5.51. The summed E-state index contributed by atoms with van der Waals surface area (Å²) in [6, 6.07) is 1.20. The molecule has 0 radical (unpaired) electrons. The Morgan fingerprint density at radius 2 is 1.63 bits per heavy atom. The quantitative estimate of drug-likeness (QED) is 0.819. The second-order valence-electron chi connectivity index (χ2n) is 7.70. The fraction of sp³-hybridized carbons (Fsp3) is 1.00. The smallest absolute Gasteiger partial charge is 0.0249 e. The second-order valence-corrected chi connectivity index (χ2v) is 7.70. The van der Waals surface area contributed by atoms with Gasteiger partial charge in [-0.05, 0) is 63.3 Å². The lowest BCUT2D eigenvalue weighted by Crippen LogP contribution is -2.49. The van der Waals surface area contributed by atoms with E-state index in [2.05, 4.69) is 46.4 Å². The highest BCUT2D eigenvalue weighted by Crippen LogP contribution is 2.41. The van der Waals surface area contributed by atoms with E-state index in [0.29, 0.717) is 17.5 Å². The fourth-order valence-electron chi connectivity index (χ4n) is 3.95. The summed E-state index contributed by atoms with van der Waals surface area (Å²) in [7, 11) is 0. The van der Waals surface area contributed by atoms with Crippen LogP contribution in [0.15, 0.2) is 0 Å². The molecule has 114 valence electrons. The summed E-state index contributed by atoms with van der Waals surface area (Å²) in [5, 5.41) is 0. The van der Waals surface area contributed by atoms with Crippen LogP contribution in [-0.4, -0.2) is 30.1 Å². The third kappa shape index (κ3) is 4.46. The normalized spacial score (nSPS) is 27.0. The van der Waals surface area contributed by atoms with E-state index in [1.54, 1.807) is 0 Å². The first-order valence-corrected chi connectivity index (χ1v) is 8.27. The molecule has 0 saturated heterocycles. The maximum atomic E-state index is 6.10. The molecule has 0 aromatic rings. The van der Waals surface area contributed by atoms with E-state index in [4.69, 9.17) is 5.73 Å². The molecule has 1 unspecified atom stereocenters. The molecule has 0 spiro atoms. The SMILES string of the molecule is CCN(C(C)C)C(CN)C1CCC(C(C)(C)C)CC1. The molecule has 1 fully saturated rings. The zero-order chi connectivity index (χ0) is 14.6. The van der Waals surface area contributed by atoms with Gasteiger partial charge in [-0.15, -0.1) is 0 Å². The molecule has 1 saturated carbocycles. The molecule has 1 atom stereocenters. The number of hydrogen-bond donors (Lipinski definition) is 1. The first-order chi connectivity index (χ1) is 8.81. The van der Waals surface area contributed by atoms with Crippen LogP contribution in [0.4, 0.5) is 0 Å². The molecule has 1 aliphatic rings. The summed E-state index contributed by atoms with van der Waals surface area (Å²) in [5.41, 5.74) is 6.57. The fourth-order valence-corrected chi connectivity index (χ4v) is 3.95. The van der Waals surface area contributed by atoms with Crippen molar-refractivity contribution in [2.24, 2.45) is 23.0 Å². The first-order valence-electron chi connectivity index (χ1n) is 8.27. The summed E-state index contributed by atoms with van der Waals surface area (Å²) >= 11 is 0. The van der Waals surface area contributed by atoms with Gasteiger partial charge in [-0.25, -0.2) is 0 Å². The van der Waals surface area contributed by atoms with Gasteiger partial charge < -0.3 is 5.73 Å². The van der Waals surface area contributed by atoms with E-state index in [-0.39, 0.29) is 0 Å². The third-order valence-electron chi connectivity index (χ3n) is 5.24. The molecule has 2 heteroatoms. The predicted octanol–water partition coefficient (Wildman–Crippen LogP) is 3.90. The molecule has 0 heterocycles. The average Bonchev–Trinajstić information content (AvgIpc) is 2.34. The van der Waals surface area contributed by atoms with Gasteiger partial charge in [0, 0.05) is 18.6 Å². The standard InChI is InChI=1S/C17H36N2/c1-7-19(13(2)3)16(12-18)14-8-10-15(11-9-14)17(4,5)6/h13-16H,7-12,18H2,1-6H3. The van der Waals surface area contributed by atoms with Crippen LogP contribution in [0.5, 0.6) is 0 Å². The Hall–Kier alpha value is -0.0800. The Morgan fingerprint density at radius 3 is 1.95 bits per heavy atom. The molecule has 0 aromatic carbocycles. The molecule has 19 heavy (non-hydrogen) atoms. The summed E-state index contributed by atoms with van der Waals surface area (Å²) < 4.78 is 0. The Morgan fingerprint density at radius 1 is 1.11 bits per heavy atom. The molecular weight excluding hydrogens is 232 g/mol. The van der Waals surface area contributed by atoms with Gasteiger partial charge in [0.1, 0.15) is 0 Å². The monoisotopic (exact) mass is 268 g/mol. The molecule has 0 bridgehead atoms. The van der Waals surface area contributed by atoms with Gasteiger partial charge in [0.25, 0.3) is 0 Å². The summed E-state index contributed by atoms with van der Waals surface area (Å²) in [5.74, 6) is 1.71. The minimum atomic E-state index is 0.478. The van der Waals surface area contributed by atoms with Gasteiger partial charge in [0.2, 0.25) is 0 Å². The Balaban J connectivity index is 2.61. The Kier molecular flexibility index (Phi) is 6.32. The van der Waals surface area contributed by atoms with E-state index in [1.807, 2.05) is 0 Å². The molecule has 1 rings (SSSR count). The Bertz CT molecular complexity index is 246. The zero-order valence-corrected chi connectivity index (χ0v) is 14.1. The van der Waals surface area contributed by atoms with E-state index < -0.39 is 0 Å². The van der Waals surface area contributed by atoms with Crippen molar-refractivity contribution in [3.8, 4) is 0 Å². The van der Waals surface area contributed by atoms with E-state index in [0.717, 1.165) is 24.9 Å². The molecule has 2 N–H and O–H groups in total. The minimum Gasteiger partial charge on any atom is -0.329 e. The van der Waals surface area contributed by atoms with Gasteiger partial charge in [0.05, 0.1) is 0 Å². The predicted molar refractivity (Wildman–Crippen MR) is 85.3 cm³/mol. The van der Waals surface area contributed by atoms with Gasteiger partial charge in [-0.3, -0.25) is 4.90 Å². The highest BCUT2D eigenvalue weighted by atomic mass is 15.2. The molecule has 0 aromatic heterocycles. The van der Waals surface area contributed by atoms with Crippen molar-refractivity contribution in [3.05, 3.63) is 0 Å². The number of rotatable bonds is 5. The summed E-state index contributed by atoms with van der Waals surface area (Å²) in [6.45, 7) is 16.0. The summed E-state index contributed by atoms with van der Waals surface area (Å²) in [4.78, 5) is 2.60. The topological polar surface area (TPSA) is 29.3 Å². The number of hydrogen-bond acceptors (Lipinski definition) is 2. The van der Waals surface area contributed by atoms with Crippen LogP contribution in [0.25, 0.3) is 0 Å². The van der Waals surface area contributed by atoms with Crippen LogP contribution in [0.3, 0.4) is 0 Å². The lowest BCUT2D eigenvalue weighted by molar-refractivity contribution is 0.0677. The van der Waals surface area contributed by atoms with Gasteiger partial charge in [-0.2, -0.15) is 0 Å². The van der Waals surface area contributed by atoms with Crippen molar-refractivity contribution in [1.82, 2.24) is 4.90 Å². The van der Waals surface area contributed by atoms with Crippen LogP contribution in [0.1, 0.15) is 67.2 Å². The maximum absolute atomic E-state index is 6.10. The van der Waals surface area contributed by atoms with Gasteiger partial charge in [-0.1, -0.05) is 27.7 Å². The molecular formula is C17H36N2. The third-order valence-corrected chi connectivity index (χ3v) is 5.24.